The number of likely N-dealkylation sites (N-methyl/N-ethyl adjacent to an activating group) is 1. The molecule has 6 heteroatoms. The summed E-state index contributed by atoms with van der Waals surface area (Å²) < 4.78 is 7.90. The number of nitrogens with one attached hydrogen (secondary N) is 1. The number of hydrogen-bond donors (Lipinski definition) is 1. The number of ether oxygens (including phenoxy) is 1. The van der Waals surface area contributed by atoms with Crippen LogP contribution in [-0.4, -0.2) is 73.7 Å². The fourth-order valence-corrected chi connectivity index (χ4v) is 5.43. The van der Waals surface area contributed by atoms with Gasteiger partial charge >= 0.3 is 0 Å². The van der Waals surface area contributed by atoms with E-state index in [1.54, 1.807) is 7.11 Å². The van der Waals surface area contributed by atoms with Gasteiger partial charge in [0.1, 0.15) is 5.75 Å². The molecule has 0 bridgehead atoms. The van der Waals surface area contributed by atoms with Crippen LogP contribution in [0.5, 0.6) is 5.75 Å². The number of aryl methyl sites for hydroxylation is 1. The largest absolute Gasteiger partial charge is 0.497 e. The third-order valence-electron chi connectivity index (χ3n) is 7.61. The molecule has 36 heavy (non-hydrogen) atoms. The van der Waals surface area contributed by atoms with Gasteiger partial charge in [0.2, 0.25) is 0 Å². The molecule has 2 aromatic carbocycles. The van der Waals surface area contributed by atoms with Gasteiger partial charge in [-0.1, -0.05) is 18.6 Å². The van der Waals surface area contributed by atoms with E-state index in [4.69, 9.17) is 4.74 Å². The second kappa shape index (κ2) is 11.3. The maximum absolute atomic E-state index is 12.8. The van der Waals surface area contributed by atoms with Crippen molar-refractivity contribution >= 4 is 5.91 Å². The minimum atomic E-state index is -0.00460. The molecule has 0 saturated carbocycles. The monoisotopic (exact) mass is 486 g/mol. The zero-order chi connectivity index (χ0) is 24.9. The molecule has 6 nitrogen and oxygen atoms in total. The maximum Gasteiger partial charge on any atom is 0.251 e. The molecule has 5 rings (SSSR count). The van der Waals surface area contributed by atoms with E-state index in [0.29, 0.717) is 12.1 Å². The Labute approximate surface area is 214 Å². The summed E-state index contributed by atoms with van der Waals surface area (Å²) >= 11 is 0. The van der Waals surface area contributed by atoms with Crippen LogP contribution >= 0.6 is 0 Å². The van der Waals surface area contributed by atoms with Crippen LogP contribution in [0.2, 0.25) is 0 Å². The molecule has 2 aliphatic rings. The Morgan fingerprint density at radius 2 is 1.72 bits per heavy atom. The Morgan fingerprint density at radius 1 is 0.944 bits per heavy atom. The van der Waals surface area contributed by atoms with Crippen LogP contribution in [0, 0.1) is 0 Å². The zero-order valence-electron chi connectivity index (χ0n) is 21.6. The second-order valence-electron chi connectivity index (χ2n) is 10.1. The first-order valence-corrected chi connectivity index (χ1v) is 13.3. The molecule has 0 atom stereocenters. The highest BCUT2D eigenvalue weighted by Crippen LogP contribution is 2.34. The Kier molecular flexibility index (Phi) is 7.73. The molecular formula is C30H38N4O2. The van der Waals surface area contributed by atoms with Crippen molar-refractivity contribution in [3.63, 3.8) is 0 Å². The van der Waals surface area contributed by atoms with E-state index in [2.05, 4.69) is 57.1 Å². The molecule has 190 valence electrons. The van der Waals surface area contributed by atoms with Crippen molar-refractivity contribution < 1.29 is 9.53 Å². The number of rotatable bonds is 7. The standard InChI is InChI=1S/C30H38N4O2/c1-32-17-19-33(20-18-32)16-15-31-30(35)23-11-13-26(14-12-23)34-28-10-5-3-4-7-25(28)22-29(34)24-8-6-9-27(21-24)36-2/h6,8-9,11-14,21-22H,3-5,7,10,15-20H2,1-2H3,(H,31,35). The summed E-state index contributed by atoms with van der Waals surface area (Å²) in [5, 5.41) is 3.10. The Balaban J connectivity index is 1.35. The topological polar surface area (TPSA) is 49.7 Å². The maximum atomic E-state index is 12.8. The number of carbonyl (C=O) groups is 1. The summed E-state index contributed by atoms with van der Waals surface area (Å²) in [5.74, 6) is 0.856. The van der Waals surface area contributed by atoms with Gasteiger partial charge in [-0.2, -0.15) is 0 Å². The molecule has 2 heterocycles. The van der Waals surface area contributed by atoms with Gasteiger partial charge in [-0.25, -0.2) is 0 Å². The summed E-state index contributed by atoms with van der Waals surface area (Å²) in [6, 6.07) is 18.7. The molecule has 1 aliphatic heterocycles. The number of fused-ring (bicyclic) bond motifs is 1. The van der Waals surface area contributed by atoms with Crippen molar-refractivity contribution in [2.24, 2.45) is 0 Å². The summed E-state index contributed by atoms with van der Waals surface area (Å²) in [7, 11) is 3.87. The third-order valence-corrected chi connectivity index (χ3v) is 7.61. The van der Waals surface area contributed by atoms with Gasteiger partial charge in [-0.05, 0) is 80.8 Å². The minimum absolute atomic E-state index is 0.00460. The summed E-state index contributed by atoms with van der Waals surface area (Å²) in [6.07, 6.45) is 5.92. The average molecular weight is 487 g/mol. The number of benzene rings is 2. The molecular weight excluding hydrogens is 448 g/mol. The van der Waals surface area contributed by atoms with Gasteiger partial charge < -0.3 is 19.5 Å². The van der Waals surface area contributed by atoms with Gasteiger partial charge in [0, 0.05) is 61.8 Å². The average Bonchev–Trinajstić information content (AvgIpc) is 3.12. The van der Waals surface area contributed by atoms with Crippen molar-refractivity contribution in [2.75, 3.05) is 53.4 Å². The van der Waals surface area contributed by atoms with Crippen LogP contribution in [-0.2, 0) is 12.8 Å². The van der Waals surface area contributed by atoms with E-state index in [1.807, 2.05) is 24.3 Å². The van der Waals surface area contributed by atoms with Crippen LogP contribution < -0.4 is 10.1 Å². The van der Waals surface area contributed by atoms with Gasteiger partial charge in [0.15, 0.2) is 0 Å². The minimum Gasteiger partial charge on any atom is -0.497 e. The molecule has 0 radical (unpaired) electrons. The van der Waals surface area contributed by atoms with E-state index >= 15 is 0 Å². The van der Waals surface area contributed by atoms with Gasteiger partial charge in [0.25, 0.3) is 5.91 Å². The zero-order valence-corrected chi connectivity index (χ0v) is 21.6. The highest BCUT2D eigenvalue weighted by molar-refractivity contribution is 5.94. The summed E-state index contributed by atoms with van der Waals surface area (Å²) in [5.41, 5.74) is 6.98. The third kappa shape index (κ3) is 5.50. The number of piperazine rings is 1. The first kappa shape index (κ1) is 24.6. The van der Waals surface area contributed by atoms with Crippen LogP contribution in [0.3, 0.4) is 0 Å². The van der Waals surface area contributed by atoms with E-state index in [9.17, 15) is 4.79 Å². The van der Waals surface area contributed by atoms with Crippen LogP contribution in [0.1, 0.15) is 40.9 Å². The highest BCUT2D eigenvalue weighted by atomic mass is 16.5. The Bertz CT molecular complexity index is 1180. The molecule has 1 saturated heterocycles. The lowest BCUT2D eigenvalue weighted by Gasteiger charge is -2.32. The van der Waals surface area contributed by atoms with Crippen LogP contribution in [0.15, 0.2) is 54.6 Å². The van der Waals surface area contributed by atoms with E-state index < -0.39 is 0 Å². The number of amides is 1. The number of methoxy groups -OCH3 is 1. The summed E-state index contributed by atoms with van der Waals surface area (Å²) in [6.45, 7) is 5.90. The fraction of sp³-hybridized carbons (Fsp3) is 0.433. The summed E-state index contributed by atoms with van der Waals surface area (Å²) in [4.78, 5) is 17.6. The van der Waals surface area contributed by atoms with Crippen molar-refractivity contribution in [3.8, 4) is 22.7 Å². The quantitative estimate of drug-likeness (QED) is 0.503. The molecule has 1 N–H and O–H groups in total. The molecule has 3 aromatic rings. The van der Waals surface area contributed by atoms with Crippen molar-refractivity contribution in [3.05, 3.63) is 71.4 Å². The van der Waals surface area contributed by atoms with Gasteiger partial charge in [-0.3, -0.25) is 9.69 Å². The van der Waals surface area contributed by atoms with Gasteiger partial charge in [0.05, 0.1) is 12.8 Å². The lowest BCUT2D eigenvalue weighted by atomic mass is 10.1. The van der Waals surface area contributed by atoms with Crippen molar-refractivity contribution in [1.82, 2.24) is 19.7 Å². The van der Waals surface area contributed by atoms with E-state index in [1.165, 1.54) is 36.2 Å². The molecule has 1 amide bonds. The van der Waals surface area contributed by atoms with Crippen LogP contribution in [0.25, 0.3) is 16.9 Å². The second-order valence-corrected chi connectivity index (χ2v) is 10.1. The van der Waals surface area contributed by atoms with Crippen molar-refractivity contribution in [2.45, 2.75) is 32.1 Å². The molecule has 1 fully saturated rings. The normalized spacial score (nSPS) is 16.8. The Morgan fingerprint density at radius 3 is 2.50 bits per heavy atom. The lowest BCUT2D eigenvalue weighted by molar-refractivity contribution is 0.0941. The Hall–Kier alpha value is -3.09. The predicted octanol–water partition coefficient (Wildman–Crippen LogP) is 4.40. The number of carbonyl (C=O) groups excluding carboxylic acids is 1. The number of nitrogens with zero attached hydrogens (tertiary/aromatic N) is 3. The predicted molar refractivity (Wildman–Crippen MR) is 145 cm³/mol. The molecule has 1 aromatic heterocycles. The number of hydrogen-bond acceptors (Lipinski definition) is 4. The molecule has 0 spiro atoms. The smallest absolute Gasteiger partial charge is 0.251 e. The van der Waals surface area contributed by atoms with E-state index in [-0.39, 0.29) is 5.91 Å². The molecule has 0 unspecified atom stereocenters. The SMILES string of the molecule is COc1cccc(-c2cc3c(n2-c2ccc(C(=O)NCCN4CCN(C)CC4)cc2)CCCCC3)c1. The van der Waals surface area contributed by atoms with Crippen molar-refractivity contribution in [1.29, 1.82) is 0 Å². The lowest BCUT2D eigenvalue weighted by Crippen LogP contribution is -2.46. The molecule has 1 aliphatic carbocycles. The van der Waals surface area contributed by atoms with Crippen LogP contribution in [0.4, 0.5) is 0 Å². The first-order valence-electron chi connectivity index (χ1n) is 13.3. The number of aromatic nitrogens is 1. The first-order chi connectivity index (χ1) is 17.6. The van der Waals surface area contributed by atoms with E-state index in [0.717, 1.165) is 62.6 Å². The highest BCUT2D eigenvalue weighted by Gasteiger charge is 2.20. The fourth-order valence-electron chi connectivity index (χ4n) is 5.43. The van der Waals surface area contributed by atoms with Gasteiger partial charge in [-0.15, -0.1) is 0 Å².